The van der Waals surface area contributed by atoms with Crippen LogP contribution in [0.5, 0.6) is 5.75 Å². The highest BCUT2D eigenvalue weighted by molar-refractivity contribution is 14.0. The van der Waals surface area contributed by atoms with Crippen molar-refractivity contribution in [3.05, 3.63) is 40.6 Å². The average Bonchev–Trinajstić information content (AvgIpc) is 3.45. The first kappa shape index (κ1) is 24.9. The third kappa shape index (κ3) is 8.05. The summed E-state index contributed by atoms with van der Waals surface area (Å²) in [5.41, 5.74) is 2.42. The molecule has 1 saturated heterocycles. The van der Waals surface area contributed by atoms with Crippen LogP contribution in [0.3, 0.4) is 0 Å². The first-order valence-electron chi connectivity index (χ1n) is 10.1. The molecule has 6 nitrogen and oxygen atoms in total. The molecular formula is C22H32IN3O3S. The molecule has 1 unspecified atom stereocenters. The number of aliphatic imine (C=N–C) groups is 1. The topological polar surface area (TPSA) is 64.1 Å². The van der Waals surface area contributed by atoms with Crippen LogP contribution in [0.2, 0.25) is 0 Å². The van der Waals surface area contributed by atoms with E-state index in [1.165, 1.54) is 16.0 Å². The number of hydrogen-bond acceptors (Lipinski definition) is 5. The highest BCUT2D eigenvalue weighted by Crippen LogP contribution is 2.27. The lowest BCUT2D eigenvalue weighted by Crippen LogP contribution is -2.37. The van der Waals surface area contributed by atoms with Gasteiger partial charge >= 0.3 is 0 Å². The summed E-state index contributed by atoms with van der Waals surface area (Å²) in [6.07, 6.45) is 3.51. The predicted molar refractivity (Wildman–Crippen MR) is 134 cm³/mol. The summed E-state index contributed by atoms with van der Waals surface area (Å²) in [5, 5.41) is 8.89. The number of nitrogens with one attached hydrogen (secondary N) is 2. The van der Waals surface area contributed by atoms with Crippen LogP contribution in [0.4, 0.5) is 0 Å². The van der Waals surface area contributed by atoms with Crippen LogP contribution in [0.15, 0.2) is 40.7 Å². The second-order valence-electron chi connectivity index (χ2n) is 6.95. The number of thiophene rings is 1. The van der Waals surface area contributed by atoms with E-state index in [0.29, 0.717) is 12.7 Å². The maximum absolute atomic E-state index is 5.69. The van der Waals surface area contributed by atoms with Crippen molar-refractivity contribution in [3.63, 3.8) is 0 Å². The quantitative estimate of drug-likeness (QED) is 0.202. The van der Waals surface area contributed by atoms with Gasteiger partial charge in [-0.3, -0.25) is 4.99 Å². The van der Waals surface area contributed by atoms with Gasteiger partial charge in [0.05, 0.1) is 26.4 Å². The summed E-state index contributed by atoms with van der Waals surface area (Å²) in [6.45, 7) is 3.90. The van der Waals surface area contributed by atoms with Gasteiger partial charge in [-0.25, -0.2) is 0 Å². The zero-order valence-electron chi connectivity index (χ0n) is 17.7. The Morgan fingerprint density at radius 1 is 1.23 bits per heavy atom. The summed E-state index contributed by atoms with van der Waals surface area (Å²) < 4.78 is 16.5. The zero-order valence-corrected chi connectivity index (χ0v) is 20.8. The standard InChI is InChI=1S/C22H31N3O3S.HI/c1-23-22(24-10-4-11-27-15-20-5-3-12-28-20)25-14-21-13-18(16-29-21)17-6-8-19(26-2)9-7-17;/h6-9,13,16,20H,3-5,10-12,14-15H2,1-2H3,(H2,23,24,25);1H. The largest absolute Gasteiger partial charge is 0.497 e. The number of rotatable bonds is 10. The molecule has 8 heteroatoms. The lowest BCUT2D eigenvalue weighted by atomic mass is 10.1. The van der Waals surface area contributed by atoms with E-state index in [4.69, 9.17) is 14.2 Å². The summed E-state index contributed by atoms with van der Waals surface area (Å²) in [5.74, 6) is 1.68. The van der Waals surface area contributed by atoms with E-state index >= 15 is 0 Å². The molecule has 1 fully saturated rings. The maximum atomic E-state index is 5.69. The molecule has 1 aromatic heterocycles. The van der Waals surface area contributed by atoms with Gasteiger partial charge in [-0.1, -0.05) is 12.1 Å². The van der Waals surface area contributed by atoms with Crippen molar-refractivity contribution in [1.82, 2.24) is 10.6 Å². The molecule has 2 N–H and O–H groups in total. The summed E-state index contributed by atoms with van der Waals surface area (Å²) in [4.78, 5) is 5.55. The number of ether oxygens (including phenoxy) is 3. The monoisotopic (exact) mass is 545 g/mol. The van der Waals surface area contributed by atoms with Crippen molar-refractivity contribution in [1.29, 1.82) is 0 Å². The minimum absolute atomic E-state index is 0. The maximum Gasteiger partial charge on any atom is 0.191 e. The van der Waals surface area contributed by atoms with Gasteiger partial charge in [0.1, 0.15) is 5.75 Å². The van der Waals surface area contributed by atoms with Gasteiger partial charge in [0.2, 0.25) is 0 Å². The Balaban J connectivity index is 0.00000320. The number of guanidine groups is 1. The fraction of sp³-hybridized carbons (Fsp3) is 0.500. The zero-order chi connectivity index (χ0) is 20.3. The van der Waals surface area contributed by atoms with Crippen LogP contribution in [0, 0.1) is 0 Å². The van der Waals surface area contributed by atoms with E-state index < -0.39 is 0 Å². The predicted octanol–water partition coefficient (Wildman–Crippen LogP) is 4.29. The molecule has 1 aliphatic heterocycles. The van der Waals surface area contributed by atoms with Gasteiger partial charge in [-0.15, -0.1) is 35.3 Å². The molecular weight excluding hydrogens is 513 g/mol. The Kier molecular flexibility index (Phi) is 11.5. The minimum Gasteiger partial charge on any atom is -0.497 e. The molecule has 1 aliphatic rings. The van der Waals surface area contributed by atoms with E-state index in [0.717, 1.165) is 57.3 Å². The van der Waals surface area contributed by atoms with Gasteiger partial charge in [-0.2, -0.15) is 0 Å². The molecule has 3 rings (SSSR count). The molecule has 2 heterocycles. The molecule has 30 heavy (non-hydrogen) atoms. The normalized spacial score (nSPS) is 16.2. The third-order valence-corrected chi connectivity index (χ3v) is 5.75. The third-order valence-electron chi connectivity index (χ3n) is 4.82. The summed E-state index contributed by atoms with van der Waals surface area (Å²) >= 11 is 1.75. The molecule has 0 saturated carbocycles. The van der Waals surface area contributed by atoms with Crippen LogP contribution < -0.4 is 15.4 Å². The van der Waals surface area contributed by atoms with Gasteiger partial charge in [0, 0.05) is 31.7 Å². The Bertz CT molecular complexity index is 761. The molecule has 1 atom stereocenters. The van der Waals surface area contributed by atoms with Crippen LogP contribution >= 0.6 is 35.3 Å². The van der Waals surface area contributed by atoms with Crippen LogP contribution in [0.1, 0.15) is 24.1 Å². The smallest absolute Gasteiger partial charge is 0.191 e. The van der Waals surface area contributed by atoms with Crippen LogP contribution in [-0.4, -0.2) is 52.6 Å². The number of nitrogens with zero attached hydrogens (tertiary/aromatic N) is 1. The first-order valence-corrected chi connectivity index (χ1v) is 11.0. The lowest BCUT2D eigenvalue weighted by Gasteiger charge is -2.12. The van der Waals surface area contributed by atoms with Crippen molar-refractivity contribution in [2.24, 2.45) is 4.99 Å². The van der Waals surface area contributed by atoms with E-state index in [1.807, 2.05) is 12.1 Å². The molecule has 0 bridgehead atoms. The van der Waals surface area contributed by atoms with E-state index in [-0.39, 0.29) is 24.0 Å². The first-order chi connectivity index (χ1) is 14.3. The minimum atomic E-state index is 0. The average molecular weight is 545 g/mol. The van der Waals surface area contributed by atoms with E-state index in [9.17, 15) is 0 Å². The van der Waals surface area contributed by atoms with Gasteiger partial charge in [0.15, 0.2) is 5.96 Å². The van der Waals surface area contributed by atoms with E-state index in [1.54, 1.807) is 25.5 Å². The second kappa shape index (κ2) is 13.8. The van der Waals surface area contributed by atoms with Crippen LogP contribution in [-0.2, 0) is 16.0 Å². The van der Waals surface area contributed by atoms with Crippen molar-refractivity contribution in [2.45, 2.75) is 31.9 Å². The summed E-state index contributed by atoms with van der Waals surface area (Å²) in [7, 11) is 3.48. The number of benzene rings is 1. The van der Waals surface area contributed by atoms with Crippen molar-refractivity contribution >= 4 is 41.3 Å². The van der Waals surface area contributed by atoms with Crippen LogP contribution in [0.25, 0.3) is 11.1 Å². The van der Waals surface area contributed by atoms with Gasteiger partial charge < -0.3 is 24.8 Å². The Morgan fingerprint density at radius 3 is 2.77 bits per heavy atom. The Labute approximate surface area is 200 Å². The molecule has 0 amide bonds. The molecule has 0 aliphatic carbocycles. The highest BCUT2D eigenvalue weighted by atomic mass is 127. The van der Waals surface area contributed by atoms with Crippen molar-refractivity contribution in [3.8, 4) is 16.9 Å². The molecule has 2 aromatic rings. The SMILES string of the molecule is CN=C(NCCCOCC1CCCO1)NCc1cc(-c2ccc(OC)cc2)cs1.I. The second-order valence-corrected chi connectivity index (χ2v) is 7.94. The number of methoxy groups -OCH3 is 1. The molecule has 1 aromatic carbocycles. The van der Waals surface area contributed by atoms with Gasteiger partial charge in [-0.05, 0) is 54.0 Å². The fourth-order valence-electron chi connectivity index (χ4n) is 3.17. The molecule has 0 radical (unpaired) electrons. The lowest BCUT2D eigenvalue weighted by molar-refractivity contribution is 0.0168. The van der Waals surface area contributed by atoms with Crippen molar-refractivity contribution < 1.29 is 14.2 Å². The highest BCUT2D eigenvalue weighted by Gasteiger charge is 2.14. The van der Waals surface area contributed by atoms with Gasteiger partial charge in [0.25, 0.3) is 0 Å². The number of hydrogen-bond donors (Lipinski definition) is 2. The number of halogens is 1. The molecule has 0 spiro atoms. The Hall–Kier alpha value is -1.36. The summed E-state index contributed by atoms with van der Waals surface area (Å²) in [6, 6.07) is 10.4. The fourth-order valence-corrected chi connectivity index (χ4v) is 4.00. The molecule has 166 valence electrons. The van der Waals surface area contributed by atoms with E-state index in [2.05, 4.69) is 39.2 Å². The van der Waals surface area contributed by atoms with Crippen molar-refractivity contribution in [2.75, 3.05) is 40.5 Å². The Morgan fingerprint density at radius 2 is 2.07 bits per heavy atom.